The first kappa shape index (κ1) is 20.3. The zero-order valence-electron chi connectivity index (χ0n) is 12.9. The third-order valence-electron chi connectivity index (χ3n) is 2.25. The Balaban J connectivity index is 3.78. The Morgan fingerprint density at radius 1 is 0.864 bits per heavy atom. The molecule has 126 valence electrons. The molecule has 0 amide bonds. The van der Waals surface area contributed by atoms with E-state index in [1.54, 1.807) is 0 Å². The number of carbonyl (C=O) groups excluding carboxylic acids is 2. The molecule has 0 radical (unpaired) electrons. The van der Waals surface area contributed by atoms with Gasteiger partial charge < -0.3 is 9.47 Å². The molecule has 0 bridgehead atoms. The highest BCUT2D eigenvalue weighted by molar-refractivity contribution is 7.86. The van der Waals surface area contributed by atoms with Crippen LogP contribution < -0.4 is 0 Å². The van der Waals surface area contributed by atoms with E-state index in [4.69, 9.17) is 13.7 Å². The highest BCUT2D eigenvalue weighted by Gasteiger charge is 2.12. The lowest BCUT2D eigenvalue weighted by Crippen LogP contribution is -2.16. The Morgan fingerprint density at radius 3 is 1.77 bits per heavy atom. The van der Waals surface area contributed by atoms with E-state index in [1.165, 1.54) is 13.8 Å². The van der Waals surface area contributed by atoms with Crippen LogP contribution in [0.4, 0.5) is 0 Å². The van der Waals surface area contributed by atoms with Crippen LogP contribution in [0.25, 0.3) is 0 Å². The maximum absolute atomic E-state index is 11.5. The Hall–Kier alpha value is -1.67. The van der Waals surface area contributed by atoms with E-state index in [-0.39, 0.29) is 49.6 Å². The van der Waals surface area contributed by atoms with E-state index in [9.17, 15) is 18.0 Å². The van der Waals surface area contributed by atoms with Gasteiger partial charge in [-0.05, 0) is 20.3 Å². The van der Waals surface area contributed by atoms with Crippen molar-refractivity contribution >= 4 is 22.1 Å². The van der Waals surface area contributed by atoms with Crippen molar-refractivity contribution in [3.63, 3.8) is 0 Å². The quantitative estimate of drug-likeness (QED) is 0.243. The Bertz CT molecular complexity index is 519. The predicted octanol–water partition coefficient (Wildman–Crippen LogP) is 1.35. The molecule has 22 heavy (non-hydrogen) atoms. The fraction of sp³-hybridized carbons (Fsp3) is 0.571. The third kappa shape index (κ3) is 10.1. The fourth-order valence-electron chi connectivity index (χ4n) is 1.12. The molecule has 0 aliphatic heterocycles. The second kappa shape index (κ2) is 10.1. The van der Waals surface area contributed by atoms with Gasteiger partial charge in [0.05, 0.1) is 25.6 Å². The van der Waals surface area contributed by atoms with Crippen LogP contribution in [0.2, 0.25) is 0 Å². The molecule has 0 N–H and O–H groups in total. The van der Waals surface area contributed by atoms with Crippen molar-refractivity contribution in [3.05, 3.63) is 24.3 Å². The zero-order chi connectivity index (χ0) is 17.2. The summed E-state index contributed by atoms with van der Waals surface area (Å²) in [5.41, 5.74) is 0.529. The van der Waals surface area contributed by atoms with Gasteiger partial charge in [0.1, 0.15) is 0 Å². The summed E-state index contributed by atoms with van der Waals surface area (Å²) in [6.07, 6.45) is 0.384. The van der Waals surface area contributed by atoms with Crippen molar-refractivity contribution in [2.45, 2.75) is 26.7 Å². The summed E-state index contributed by atoms with van der Waals surface area (Å²) in [6.45, 7) is 9.78. The Kier molecular flexibility index (Phi) is 9.35. The molecule has 0 saturated heterocycles. The molecule has 7 nitrogen and oxygen atoms in total. The van der Waals surface area contributed by atoms with Crippen LogP contribution in [-0.4, -0.2) is 45.9 Å². The van der Waals surface area contributed by atoms with E-state index >= 15 is 0 Å². The van der Waals surface area contributed by atoms with Crippen LogP contribution in [0.1, 0.15) is 26.7 Å². The van der Waals surface area contributed by atoms with Crippen molar-refractivity contribution < 1.29 is 31.7 Å². The van der Waals surface area contributed by atoms with Gasteiger partial charge in [0, 0.05) is 17.6 Å². The van der Waals surface area contributed by atoms with Gasteiger partial charge in [0.15, 0.2) is 0 Å². The van der Waals surface area contributed by atoms with E-state index in [1.807, 2.05) is 0 Å². The van der Waals surface area contributed by atoms with Gasteiger partial charge in [-0.2, -0.15) is 8.42 Å². The van der Waals surface area contributed by atoms with Crippen LogP contribution in [0.5, 0.6) is 0 Å². The highest BCUT2D eigenvalue weighted by atomic mass is 32.2. The molecule has 0 atom stereocenters. The molecular weight excluding hydrogens is 312 g/mol. The topological polar surface area (TPSA) is 96.0 Å². The minimum atomic E-state index is -3.69. The summed E-state index contributed by atoms with van der Waals surface area (Å²) in [6, 6.07) is 0. The van der Waals surface area contributed by atoms with E-state index in [2.05, 4.69) is 13.2 Å². The first-order valence-electron chi connectivity index (χ1n) is 6.68. The molecular formula is C14H22O7S. The Labute approximate surface area is 131 Å². The van der Waals surface area contributed by atoms with Crippen molar-refractivity contribution in [1.29, 1.82) is 0 Å². The first-order chi connectivity index (χ1) is 10.2. The molecule has 0 unspecified atom stereocenters. The van der Waals surface area contributed by atoms with Crippen molar-refractivity contribution in [2.24, 2.45) is 0 Å². The monoisotopic (exact) mass is 334 g/mol. The van der Waals surface area contributed by atoms with Crippen LogP contribution in [0.15, 0.2) is 24.3 Å². The summed E-state index contributed by atoms with van der Waals surface area (Å²) in [5, 5.41) is 0. The van der Waals surface area contributed by atoms with Gasteiger partial charge in [0.25, 0.3) is 10.1 Å². The lowest BCUT2D eigenvalue weighted by atomic mass is 10.4. The first-order valence-corrected chi connectivity index (χ1v) is 8.26. The minimum absolute atomic E-state index is 0.0233. The third-order valence-corrected chi connectivity index (χ3v) is 3.57. The van der Waals surface area contributed by atoms with Gasteiger partial charge in [-0.3, -0.25) is 4.18 Å². The SMILES string of the molecule is C=C(C)C(=O)OCCCOS(=O)(=O)CCCOC(=O)C(=C)C. The van der Waals surface area contributed by atoms with E-state index in [0.29, 0.717) is 0 Å². The summed E-state index contributed by atoms with van der Waals surface area (Å²) >= 11 is 0. The van der Waals surface area contributed by atoms with Gasteiger partial charge in [-0.25, -0.2) is 9.59 Å². The van der Waals surface area contributed by atoms with Crippen molar-refractivity contribution in [1.82, 2.24) is 0 Å². The van der Waals surface area contributed by atoms with E-state index < -0.39 is 22.1 Å². The molecule has 0 aromatic carbocycles. The smallest absolute Gasteiger partial charge is 0.333 e. The standard InChI is InChI=1S/C14H22O7S/c1-11(2)13(15)19-7-5-9-21-22(17,18)10-6-8-20-14(16)12(3)4/h1,3,5-10H2,2,4H3. The summed E-state index contributed by atoms with van der Waals surface area (Å²) in [4.78, 5) is 22.1. The number of hydrogen-bond donors (Lipinski definition) is 0. The molecule has 8 heteroatoms. The summed E-state index contributed by atoms with van der Waals surface area (Å²) in [7, 11) is -3.69. The molecule has 0 aromatic heterocycles. The number of carbonyl (C=O) groups is 2. The maximum atomic E-state index is 11.5. The molecule has 0 saturated carbocycles. The second-order valence-corrected chi connectivity index (χ2v) is 6.38. The average Bonchev–Trinajstić information content (AvgIpc) is 2.42. The molecule has 0 rings (SSSR count). The number of ether oxygens (including phenoxy) is 2. The lowest BCUT2D eigenvalue weighted by Gasteiger charge is -2.07. The van der Waals surface area contributed by atoms with Gasteiger partial charge >= 0.3 is 11.9 Å². The second-order valence-electron chi connectivity index (χ2n) is 4.62. The summed E-state index contributed by atoms with van der Waals surface area (Å²) in [5.74, 6) is -1.35. The van der Waals surface area contributed by atoms with Crippen LogP contribution in [-0.2, 0) is 33.4 Å². The summed E-state index contributed by atoms with van der Waals surface area (Å²) < 4.78 is 37.3. The molecule has 0 spiro atoms. The number of rotatable bonds is 11. The number of hydrogen-bond acceptors (Lipinski definition) is 7. The van der Waals surface area contributed by atoms with Crippen LogP contribution >= 0.6 is 0 Å². The molecule has 0 aromatic rings. The normalized spacial score (nSPS) is 10.8. The number of esters is 2. The molecule has 0 aliphatic rings. The molecule has 0 heterocycles. The lowest BCUT2D eigenvalue weighted by molar-refractivity contribution is -0.140. The van der Waals surface area contributed by atoms with Gasteiger partial charge in [0.2, 0.25) is 0 Å². The molecule has 0 fully saturated rings. The highest BCUT2D eigenvalue weighted by Crippen LogP contribution is 2.01. The van der Waals surface area contributed by atoms with Gasteiger partial charge in [-0.15, -0.1) is 0 Å². The minimum Gasteiger partial charge on any atom is -0.462 e. The maximum Gasteiger partial charge on any atom is 0.333 e. The van der Waals surface area contributed by atoms with Gasteiger partial charge in [-0.1, -0.05) is 13.2 Å². The van der Waals surface area contributed by atoms with Crippen molar-refractivity contribution in [3.8, 4) is 0 Å². The fourth-order valence-corrected chi connectivity index (χ4v) is 2.08. The van der Waals surface area contributed by atoms with E-state index in [0.717, 1.165) is 0 Å². The Morgan fingerprint density at radius 2 is 1.32 bits per heavy atom. The zero-order valence-corrected chi connectivity index (χ0v) is 13.7. The average molecular weight is 334 g/mol. The van der Waals surface area contributed by atoms with Crippen LogP contribution in [0, 0.1) is 0 Å². The van der Waals surface area contributed by atoms with Crippen LogP contribution in [0.3, 0.4) is 0 Å². The largest absolute Gasteiger partial charge is 0.462 e. The molecule has 0 aliphatic carbocycles. The van der Waals surface area contributed by atoms with Crippen molar-refractivity contribution in [2.75, 3.05) is 25.6 Å². The predicted molar refractivity (Wildman–Crippen MR) is 80.5 cm³/mol.